The van der Waals surface area contributed by atoms with Crippen LogP contribution in [0.3, 0.4) is 0 Å². The normalized spacial score (nSPS) is 19.0. The van der Waals surface area contributed by atoms with E-state index in [1.807, 2.05) is 37.3 Å². The van der Waals surface area contributed by atoms with E-state index in [1.165, 1.54) is 0 Å². The zero-order chi connectivity index (χ0) is 17.1. The summed E-state index contributed by atoms with van der Waals surface area (Å²) < 4.78 is 11.5. The van der Waals surface area contributed by atoms with E-state index in [1.54, 1.807) is 12.1 Å². The Kier molecular flexibility index (Phi) is 5.17. The van der Waals surface area contributed by atoms with E-state index in [9.17, 15) is 4.79 Å². The molecule has 2 atom stereocenters. The van der Waals surface area contributed by atoms with Gasteiger partial charge in [-0.25, -0.2) is 0 Å². The Morgan fingerprint density at radius 2 is 1.71 bits per heavy atom. The zero-order valence-electron chi connectivity index (χ0n) is 13.1. The van der Waals surface area contributed by atoms with Gasteiger partial charge in [-0.15, -0.1) is 0 Å². The maximum Gasteiger partial charge on any atom is 0.265 e. The van der Waals surface area contributed by atoms with Gasteiger partial charge in [-0.05, 0) is 49.2 Å². The van der Waals surface area contributed by atoms with Crippen LogP contribution in [0.5, 0.6) is 11.5 Å². The maximum absolute atomic E-state index is 12.4. The first-order valence-electron chi connectivity index (χ1n) is 7.68. The summed E-state index contributed by atoms with van der Waals surface area (Å²) in [5, 5.41) is 4.03. The molecule has 3 rings (SSSR count). The Hall–Kier alpha value is -1.91. The number of hydrogen-bond donors (Lipinski definition) is 1. The number of amides is 1. The second-order valence-corrected chi connectivity index (χ2v) is 6.50. The number of para-hydroxylation sites is 2. The molecule has 24 heavy (non-hydrogen) atoms. The Labute approximate surface area is 150 Å². The molecule has 2 unspecified atom stereocenters. The van der Waals surface area contributed by atoms with Crippen molar-refractivity contribution in [3.8, 4) is 11.5 Å². The van der Waals surface area contributed by atoms with Crippen LogP contribution in [0, 0.1) is 0 Å². The molecule has 6 heteroatoms. The van der Waals surface area contributed by atoms with Gasteiger partial charge in [-0.3, -0.25) is 4.79 Å². The third kappa shape index (κ3) is 3.94. The number of hydrogen-bond acceptors (Lipinski definition) is 3. The molecule has 1 aliphatic rings. The predicted octanol–water partition coefficient (Wildman–Crippen LogP) is 3.88. The molecule has 1 heterocycles. The van der Waals surface area contributed by atoms with Crippen molar-refractivity contribution in [3.05, 3.63) is 58.1 Å². The number of carbonyl (C=O) groups is 1. The number of ether oxygens (including phenoxy) is 2. The number of halogens is 2. The van der Waals surface area contributed by atoms with Crippen LogP contribution in [0.1, 0.15) is 12.5 Å². The molecule has 0 saturated heterocycles. The largest absolute Gasteiger partial charge is 0.482 e. The summed E-state index contributed by atoms with van der Waals surface area (Å²) in [6.45, 7) is 2.28. The summed E-state index contributed by atoms with van der Waals surface area (Å²) in [6.07, 6.45) is -0.409. The van der Waals surface area contributed by atoms with E-state index in [0.29, 0.717) is 34.5 Å². The van der Waals surface area contributed by atoms with E-state index < -0.39 is 6.10 Å². The average molecular weight is 366 g/mol. The van der Waals surface area contributed by atoms with Gasteiger partial charge in [0, 0.05) is 16.6 Å². The summed E-state index contributed by atoms with van der Waals surface area (Å²) in [6, 6.07) is 12.7. The van der Waals surface area contributed by atoms with E-state index >= 15 is 0 Å². The standard InChI is InChI=1S/C18H17Cl2NO3/c1-11-17(24-16-5-3-2-4-15(16)23-11)18(22)21-7-6-12-8-13(19)10-14(20)9-12/h2-5,8-11,17H,6-7H2,1H3,(H,21,22). The third-order valence-corrected chi connectivity index (χ3v) is 4.17. The average Bonchev–Trinajstić information content (AvgIpc) is 2.53. The van der Waals surface area contributed by atoms with Crippen molar-refractivity contribution in [2.45, 2.75) is 25.6 Å². The van der Waals surface area contributed by atoms with Gasteiger partial charge in [0.15, 0.2) is 11.5 Å². The van der Waals surface area contributed by atoms with Gasteiger partial charge >= 0.3 is 0 Å². The molecule has 0 saturated carbocycles. The van der Waals surface area contributed by atoms with Crippen molar-refractivity contribution in [1.29, 1.82) is 0 Å². The van der Waals surface area contributed by atoms with Gasteiger partial charge in [0.1, 0.15) is 6.10 Å². The van der Waals surface area contributed by atoms with Crippen LogP contribution in [-0.4, -0.2) is 24.7 Å². The maximum atomic E-state index is 12.4. The Morgan fingerprint density at radius 1 is 1.08 bits per heavy atom. The molecule has 126 valence electrons. The van der Waals surface area contributed by atoms with Crippen LogP contribution in [-0.2, 0) is 11.2 Å². The molecule has 1 aliphatic heterocycles. The molecule has 4 nitrogen and oxygen atoms in total. The first-order chi connectivity index (χ1) is 11.5. The van der Waals surface area contributed by atoms with Crippen molar-refractivity contribution in [2.75, 3.05) is 6.54 Å². The highest BCUT2D eigenvalue weighted by Crippen LogP contribution is 2.33. The van der Waals surface area contributed by atoms with Gasteiger partial charge in [0.2, 0.25) is 6.10 Å². The highest BCUT2D eigenvalue weighted by Gasteiger charge is 2.33. The highest BCUT2D eigenvalue weighted by atomic mass is 35.5. The molecule has 2 aromatic carbocycles. The van der Waals surface area contributed by atoms with Crippen LogP contribution in [0.25, 0.3) is 0 Å². The number of carbonyl (C=O) groups excluding carboxylic acids is 1. The first-order valence-corrected chi connectivity index (χ1v) is 8.43. The number of nitrogens with one attached hydrogen (secondary N) is 1. The second-order valence-electron chi connectivity index (χ2n) is 5.63. The Bertz CT molecular complexity index is 731. The van der Waals surface area contributed by atoms with Crippen molar-refractivity contribution < 1.29 is 14.3 Å². The van der Waals surface area contributed by atoms with Crippen LogP contribution < -0.4 is 14.8 Å². The summed E-state index contributed by atoms with van der Waals surface area (Å²) in [7, 11) is 0. The van der Waals surface area contributed by atoms with E-state index in [0.717, 1.165) is 5.56 Å². The molecule has 0 aliphatic carbocycles. The van der Waals surface area contributed by atoms with Gasteiger partial charge in [0.05, 0.1) is 0 Å². The summed E-state index contributed by atoms with van der Waals surface area (Å²) >= 11 is 11.9. The van der Waals surface area contributed by atoms with Gasteiger partial charge in [-0.2, -0.15) is 0 Å². The number of fused-ring (bicyclic) bond motifs is 1. The van der Waals surface area contributed by atoms with Crippen LogP contribution in [0.15, 0.2) is 42.5 Å². The molecule has 1 N–H and O–H groups in total. The van der Waals surface area contributed by atoms with Gasteiger partial charge in [-0.1, -0.05) is 35.3 Å². The fraction of sp³-hybridized carbons (Fsp3) is 0.278. The fourth-order valence-electron chi connectivity index (χ4n) is 2.59. The smallest absolute Gasteiger partial charge is 0.265 e. The molecule has 0 bridgehead atoms. The first kappa shape index (κ1) is 16.9. The minimum atomic E-state index is -0.678. The van der Waals surface area contributed by atoms with Crippen LogP contribution in [0.4, 0.5) is 0 Å². The number of benzene rings is 2. The molecule has 0 radical (unpaired) electrons. The van der Waals surface area contributed by atoms with Crippen molar-refractivity contribution >= 4 is 29.1 Å². The lowest BCUT2D eigenvalue weighted by Crippen LogP contribution is -2.49. The van der Waals surface area contributed by atoms with Crippen molar-refractivity contribution in [1.82, 2.24) is 5.32 Å². The molecular weight excluding hydrogens is 349 g/mol. The Balaban J connectivity index is 1.57. The fourth-order valence-corrected chi connectivity index (χ4v) is 3.16. The summed E-state index contributed by atoms with van der Waals surface area (Å²) in [5.74, 6) is 1.03. The molecule has 1 amide bonds. The lowest BCUT2D eigenvalue weighted by molar-refractivity contribution is -0.133. The zero-order valence-corrected chi connectivity index (χ0v) is 14.6. The summed E-state index contributed by atoms with van der Waals surface area (Å²) in [5.41, 5.74) is 0.965. The predicted molar refractivity (Wildman–Crippen MR) is 94.1 cm³/mol. The monoisotopic (exact) mass is 365 g/mol. The van der Waals surface area contributed by atoms with Gasteiger partial charge in [0.25, 0.3) is 5.91 Å². The highest BCUT2D eigenvalue weighted by molar-refractivity contribution is 6.34. The van der Waals surface area contributed by atoms with Crippen LogP contribution in [0.2, 0.25) is 10.0 Å². The molecule has 0 fully saturated rings. The van der Waals surface area contributed by atoms with Crippen molar-refractivity contribution in [3.63, 3.8) is 0 Å². The lowest BCUT2D eigenvalue weighted by atomic mass is 10.1. The molecular formula is C18H17Cl2NO3. The van der Waals surface area contributed by atoms with E-state index in [-0.39, 0.29) is 12.0 Å². The quantitative estimate of drug-likeness (QED) is 0.894. The van der Waals surface area contributed by atoms with Crippen LogP contribution >= 0.6 is 23.2 Å². The Morgan fingerprint density at radius 3 is 2.38 bits per heavy atom. The minimum Gasteiger partial charge on any atom is -0.482 e. The second kappa shape index (κ2) is 7.32. The lowest BCUT2D eigenvalue weighted by Gasteiger charge is -2.31. The van der Waals surface area contributed by atoms with Gasteiger partial charge < -0.3 is 14.8 Å². The van der Waals surface area contributed by atoms with E-state index in [4.69, 9.17) is 32.7 Å². The third-order valence-electron chi connectivity index (χ3n) is 3.74. The minimum absolute atomic E-state index is 0.204. The van der Waals surface area contributed by atoms with Crippen molar-refractivity contribution in [2.24, 2.45) is 0 Å². The SMILES string of the molecule is CC1Oc2ccccc2OC1C(=O)NCCc1cc(Cl)cc(Cl)c1. The summed E-state index contributed by atoms with van der Waals surface area (Å²) in [4.78, 5) is 12.4. The molecule has 0 aromatic heterocycles. The van der Waals surface area contributed by atoms with E-state index in [2.05, 4.69) is 5.32 Å². The molecule has 0 spiro atoms. The number of rotatable bonds is 4. The topological polar surface area (TPSA) is 47.6 Å². The molecule has 2 aromatic rings.